The van der Waals surface area contributed by atoms with Crippen LogP contribution in [-0.2, 0) is 26.2 Å². The molecule has 3 aromatic carbocycles. The van der Waals surface area contributed by atoms with Gasteiger partial charge in [-0.15, -0.1) is 0 Å². The molecular weight excluding hydrogens is 550 g/mol. The van der Waals surface area contributed by atoms with Gasteiger partial charge in [-0.05, 0) is 88.7 Å². The number of amides is 2. The van der Waals surface area contributed by atoms with E-state index in [9.17, 15) is 18.0 Å². The minimum Gasteiger partial charge on any atom is -0.494 e. The van der Waals surface area contributed by atoms with E-state index in [0.29, 0.717) is 23.1 Å². The van der Waals surface area contributed by atoms with Gasteiger partial charge in [-0.25, -0.2) is 8.42 Å². The number of sulfonamides is 1. The Morgan fingerprint density at radius 2 is 1.55 bits per heavy atom. The van der Waals surface area contributed by atoms with Crippen LogP contribution in [0.1, 0.15) is 40.2 Å². The number of hydrogen-bond acceptors (Lipinski definition) is 5. The van der Waals surface area contributed by atoms with E-state index in [1.165, 1.54) is 17.0 Å². The summed E-state index contributed by atoms with van der Waals surface area (Å²) in [6.45, 7) is 9.03. The van der Waals surface area contributed by atoms with Gasteiger partial charge in [0, 0.05) is 17.1 Å². The van der Waals surface area contributed by atoms with Gasteiger partial charge in [0.05, 0.1) is 17.2 Å². The summed E-state index contributed by atoms with van der Waals surface area (Å²) in [6.07, 6.45) is 0. The van der Waals surface area contributed by atoms with Crippen LogP contribution in [-0.4, -0.2) is 49.9 Å². The van der Waals surface area contributed by atoms with Crippen molar-refractivity contribution in [1.29, 1.82) is 0 Å². The third kappa shape index (κ3) is 8.22. The molecule has 0 spiro atoms. The van der Waals surface area contributed by atoms with Crippen LogP contribution >= 0.6 is 11.6 Å². The zero-order valence-electron chi connectivity index (χ0n) is 23.4. The number of para-hydroxylation sites is 1. The number of hydrogen-bond donors (Lipinski definition) is 1. The van der Waals surface area contributed by atoms with Gasteiger partial charge in [0.2, 0.25) is 11.8 Å². The number of benzene rings is 3. The van der Waals surface area contributed by atoms with Crippen molar-refractivity contribution < 1.29 is 22.7 Å². The van der Waals surface area contributed by atoms with E-state index in [0.717, 1.165) is 9.87 Å². The predicted molar refractivity (Wildman–Crippen MR) is 158 cm³/mol. The van der Waals surface area contributed by atoms with Crippen molar-refractivity contribution in [3.63, 3.8) is 0 Å². The molecule has 214 valence electrons. The second-order valence-electron chi connectivity index (χ2n) is 10.3. The summed E-state index contributed by atoms with van der Waals surface area (Å²) in [5.74, 6) is -0.350. The van der Waals surface area contributed by atoms with Crippen LogP contribution < -0.4 is 14.4 Å². The number of nitrogens with one attached hydrogen (secondary N) is 1. The van der Waals surface area contributed by atoms with Crippen molar-refractivity contribution in [1.82, 2.24) is 10.2 Å². The van der Waals surface area contributed by atoms with E-state index in [-0.39, 0.29) is 17.3 Å². The maximum Gasteiger partial charge on any atom is 0.264 e. The molecule has 0 radical (unpaired) electrons. The van der Waals surface area contributed by atoms with Crippen molar-refractivity contribution in [3.8, 4) is 5.75 Å². The zero-order chi connectivity index (χ0) is 29.5. The van der Waals surface area contributed by atoms with Gasteiger partial charge >= 0.3 is 0 Å². The van der Waals surface area contributed by atoms with Crippen molar-refractivity contribution in [2.45, 2.75) is 57.6 Å². The molecule has 40 heavy (non-hydrogen) atoms. The molecule has 1 unspecified atom stereocenters. The number of carbonyl (C=O) groups excluding carboxylic acids is 2. The first-order valence-electron chi connectivity index (χ1n) is 13.0. The van der Waals surface area contributed by atoms with Gasteiger partial charge in [0.15, 0.2) is 0 Å². The van der Waals surface area contributed by atoms with Gasteiger partial charge in [-0.3, -0.25) is 13.9 Å². The van der Waals surface area contributed by atoms with E-state index < -0.39 is 34.1 Å². The normalized spacial score (nSPS) is 12.3. The number of ether oxygens (including phenoxy) is 1. The van der Waals surface area contributed by atoms with Crippen molar-refractivity contribution in [2.75, 3.05) is 17.5 Å². The number of nitrogens with zero attached hydrogens (tertiary/aromatic N) is 2. The topological polar surface area (TPSA) is 96.0 Å². The number of anilines is 1. The summed E-state index contributed by atoms with van der Waals surface area (Å²) < 4.78 is 34.2. The molecule has 0 aliphatic heterocycles. The number of halogens is 1. The van der Waals surface area contributed by atoms with Crippen LogP contribution in [0.2, 0.25) is 5.02 Å². The van der Waals surface area contributed by atoms with Gasteiger partial charge in [-0.1, -0.05) is 41.9 Å². The maximum absolute atomic E-state index is 13.9. The van der Waals surface area contributed by atoms with Crippen LogP contribution in [0.3, 0.4) is 0 Å². The lowest BCUT2D eigenvalue weighted by atomic mass is 10.1. The SMILES string of the molecule is CCOc1ccc(S(=O)(=O)N(CC(=O)N(Cc2ccc(Cl)cc2)C(C)C(=O)NC(C)(C)C)c2ccccc2)cc1. The molecule has 8 nitrogen and oxygen atoms in total. The number of carbonyl (C=O) groups is 2. The molecule has 0 aliphatic carbocycles. The highest BCUT2D eigenvalue weighted by molar-refractivity contribution is 7.92. The quantitative estimate of drug-likeness (QED) is 0.331. The minimum absolute atomic E-state index is 0.00961. The van der Waals surface area contributed by atoms with E-state index >= 15 is 0 Å². The standard InChI is InChI=1S/C30H36ClN3O5S/c1-6-39-26-16-18-27(19-17-26)40(37,38)34(25-10-8-7-9-11-25)21-28(35)33(20-23-12-14-24(31)15-13-23)22(2)29(36)32-30(3,4)5/h7-19,22H,6,20-21H2,1-5H3,(H,32,36). The summed E-state index contributed by atoms with van der Waals surface area (Å²) in [6, 6.07) is 20.5. The first-order chi connectivity index (χ1) is 18.8. The molecule has 2 amide bonds. The van der Waals surface area contributed by atoms with E-state index in [4.69, 9.17) is 16.3 Å². The first-order valence-corrected chi connectivity index (χ1v) is 14.8. The summed E-state index contributed by atoms with van der Waals surface area (Å²) in [7, 11) is -4.16. The molecule has 0 fully saturated rings. The monoisotopic (exact) mass is 585 g/mol. The Labute approximate surface area is 241 Å². The Morgan fingerprint density at radius 1 is 0.950 bits per heavy atom. The fourth-order valence-corrected chi connectivity index (χ4v) is 5.51. The second-order valence-corrected chi connectivity index (χ2v) is 12.6. The molecule has 0 heterocycles. The smallest absolute Gasteiger partial charge is 0.264 e. The third-order valence-corrected chi connectivity index (χ3v) is 8.02. The Hall–Kier alpha value is -3.56. The molecule has 10 heteroatoms. The molecule has 0 saturated carbocycles. The van der Waals surface area contributed by atoms with Gasteiger partial charge in [-0.2, -0.15) is 0 Å². The highest BCUT2D eigenvalue weighted by atomic mass is 35.5. The molecule has 0 bridgehead atoms. The maximum atomic E-state index is 13.9. The van der Waals surface area contributed by atoms with Crippen molar-refractivity contribution >= 4 is 39.1 Å². The largest absolute Gasteiger partial charge is 0.494 e. The van der Waals surface area contributed by atoms with Gasteiger partial charge in [0.1, 0.15) is 18.3 Å². The first kappa shape index (κ1) is 31.0. The predicted octanol–water partition coefficient (Wildman–Crippen LogP) is 5.27. The Balaban J connectivity index is 2.00. The molecule has 1 atom stereocenters. The molecular formula is C30H36ClN3O5S. The van der Waals surface area contributed by atoms with Crippen LogP contribution in [0, 0.1) is 0 Å². The fourth-order valence-electron chi connectivity index (χ4n) is 3.97. The third-order valence-electron chi connectivity index (χ3n) is 5.98. The summed E-state index contributed by atoms with van der Waals surface area (Å²) in [5, 5.41) is 3.45. The van der Waals surface area contributed by atoms with Crippen LogP contribution in [0.15, 0.2) is 83.8 Å². The van der Waals surface area contributed by atoms with Crippen LogP contribution in [0.5, 0.6) is 5.75 Å². The Morgan fingerprint density at radius 3 is 2.10 bits per heavy atom. The molecule has 0 aliphatic rings. The Kier molecular flexibility index (Phi) is 10.2. The van der Waals surface area contributed by atoms with Crippen LogP contribution in [0.4, 0.5) is 5.69 Å². The molecule has 0 aromatic heterocycles. The molecule has 3 aromatic rings. The van der Waals surface area contributed by atoms with Gasteiger partial charge < -0.3 is 15.0 Å². The van der Waals surface area contributed by atoms with Crippen LogP contribution in [0.25, 0.3) is 0 Å². The lowest BCUT2D eigenvalue weighted by Gasteiger charge is -2.33. The highest BCUT2D eigenvalue weighted by Crippen LogP contribution is 2.26. The minimum atomic E-state index is -4.16. The average Bonchev–Trinajstić information content (AvgIpc) is 2.91. The molecule has 1 N–H and O–H groups in total. The summed E-state index contributed by atoms with van der Waals surface area (Å²) >= 11 is 6.04. The fraction of sp³-hybridized carbons (Fsp3) is 0.333. The number of rotatable bonds is 11. The lowest BCUT2D eigenvalue weighted by molar-refractivity contribution is -0.140. The second kappa shape index (κ2) is 13.2. The zero-order valence-corrected chi connectivity index (χ0v) is 25.0. The lowest BCUT2D eigenvalue weighted by Crippen LogP contribution is -2.54. The summed E-state index contributed by atoms with van der Waals surface area (Å²) in [5.41, 5.74) is 0.546. The van der Waals surface area contributed by atoms with Gasteiger partial charge in [0.25, 0.3) is 10.0 Å². The van der Waals surface area contributed by atoms with E-state index in [1.54, 1.807) is 73.7 Å². The Bertz CT molecular complexity index is 1390. The van der Waals surface area contributed by atoms with E-state index in [2.05, 4.69) is 5.32 Å². The molecule has 0 saturated heterocycles. The average molecular weight is 586 g/mol. The van der Waals surface area contributed by atoms with Crippen molar-refractivity contribution in [2.24, 2.45) is 0 Å². The van der Waals surface area contributed by atoms with Crippen molar-refractivity contribution in [3.05, 3.63) is 89.4 Å². The summed E-state index contributed by atoms with van der Waals surface area (Å²) in [4.78, 5) is 28.5. The van der Waals surface area contributed by atoms with E-state index in [1.807, 2.05) is 27.7 Å². The molecule has 3 rings (SSSR count). The highest BCUT2D eigenvalue weighted by Gasteiger charge is 2.33.